The van der Waals surface area contributed by atoms with E-state index >= 15 is 4.39 Å². The van der Waals surface area contributed by atoms with Gasteiger partial charge in [0.2, 0.25) is 0 Å². The van der Waals surface area contributed by atoms with Crippen LogP contribution in [0.15, 0.2) is 60.0 Å². The largest absolute Gasteiger partial charge is 0.490 e. The molecule has 172 valence electrons. The average Bonchev–Trinajstić information content (AvgIpc) is 2.83. The fraction of sp³-hybridized carbons (Fsp3) is 0.360. The molecule has 1 fully saturated rings. The van der Waals surface area contributed by atoms with Crippen molar-refractivity contribution in [2.24, 2.45) is 5.92 Å². The first kappa shape index (κ1) is 22.6. The standard InChI is InChI=1S/C25H23ClF2N2O2S/c26-17-3-1-16(2-4-17)11-25-8-9-31-22(7-10-33-18-12-29-15-30-13-18)19(25)14-32-24-21(28)6-5-20(27)23(24)25/h1-6,12-13,15,19,22H,7-11,14H2/t19-,22-,25-/m0/s1. The Kier molecular flexibility index (Phi) is 6.54. The number of aromatic nitrogens is 2. The van der Waals surface area contributed by atoms with Gasteiger partial charge in [0.05, 0.1) is 12.7 Å². The lowest BCUT2D eigenvalue weighted by Gasteiger charge is -2.51. The molecule has 5 rings (SSSR count). The van der Waals surface area contributed by atoms with Gasteiger partial charge in [0, 0.05) is 51.6 Å². The predicted octanol–water partition coefficient (Wildman–Crippen LogP) is 5.87. The Hall–Kier alpha value is -2.22. The molecule has 1 saturated heterocycles. The van der Waals surface area contributed by atoms with E-state index in [4.69, 9.17) is 21.1 Å². The predicted molar refractivity (Wildman–Crippen MR) is 124 cm³/mol. The highest BCUT2D eigenvalue weighted by Crippen LogP contribution is 2.53. The van der Waals surface area contributed by atoms with Crippen LogP contribution in [0.2, 0.25) is 5.02 Å². The third kappa shape index (κ3) is 4.46. The summed E-state index contributed by atoms with van der Waals surface area (Å²) in [5, 5.41) is 0.643. The van der Waals surface area contributed by atoms with Crippen LogP contribution in [0.25, 0.3) is 0 Å². The molecular formula is C25H23ClF2N2O2S. The van der Waals surface area contributed by atoms with Crippen molar-refractivity contribution < 1.29 is 18.3 Å². The van der Waals surface area contributed by atoms with E-state index in [2.05, 4.69) is 9.97 Å². The van der Waals surface area contributed by atoms with E-state index in [1.807, 2.05) is 24.3 Å². The number of benzene rings is 2. The molecule has 0 N–H and O–H groups in total. The Bertz CT molecular complexity index is 1120. The molecule has 0 aliphatic carbocycles. The maximum absolute atomic E-state index is 15.3. The molecule has 2 aliphatic rings. The molecule has 3 heterocycles. The summed E-state index contributed by atoms with van der Waals surface area (Å²) in [7, 11) is 0. The lowest BCUT2D eigenvalue weighted by atomic mass is 9.60. The van der Waals surface area contributed by atoms with Gasteiger partial charge in [0.15, 0.2) is 11.6 Å². The fourth-order valence-electron chi connectivity index (χ4n) is 5.15. The highest BCUT2D eigenvalue weighted by Gasteiger charge is 2.53. The summed E-state index contributed by atoms with van der Waals surface area (Å²) in [6, 6.07) is 9.92. The fourth-order valence-corrected chi connectivity index (χ4v) is 6.13. The number of hydrogen-bond acceptors (Lipinski definition) is 5. The Morgan fingerprint density at radius 2 is 1.82 bits per heavy atom. The number of fused-ring (bicyclic) bond motifs is 3. The van der Waals surface area contributed by atoms with Gasteiger partial charge in [-0.2, -0.15) is 0 Å². The molecule has 0 saturated carbocycles. The molecule has 3 atom stereocenters. The molecular weight excluding hydrogens is 466 g/mol. The van der Waals surface area contributed by atoms with E-state index in [9.17, 15) is 4.39 Å². The Labute approximate surface area is 200 Å². The smallest absolute Gasteiger partial charge is 0.165 e. The summed E-state index contributed by atoms with van der Waals surface area (Å²) < 4.78 is 42.0. The lowest BCUT2D eigenvalue weighted by Crippen LogP contribution is -2.55. The van der Waals surface area contributed by atoms with Crippen LogP contribution in [0.3, 0.4) is 0 Å². The van der Waals surface area contributed by atoms with E-state index < -0.39 is 17.0 Å². The number of halogens is 3. The Morgan fingerprint density at radius 3 is 2.61 bits per heavy atom. The molecule has 1 aromatic heterocycles. The third-order valence-electron chi connectivity index (χ3n) is 6.64. The van der Waals surface area contributed by atoms with Crippen molar-refractivity contribution in [1.82, 2.24) is 9.97 Å². The molecule has 0 amide bonds. The first-order chi connectivity index (χ1) is 16.1. The molecule has 0 bridgehead atoms. The summed E-state index contributed by atoms with van der Waals surface area (Å²) in [6.45, 7) is 0.758. The van der Waals surface area contributed by atoms with Crippen molar-refractivity contribution in [2.75, 3.05) is 19.0 Å². The van der Waals surface area contributed by atoms with Gasteiger partial charge in [-0.15, -0.1) is 11.8 Å². The topological polar surface area (TPSA) is 44.2 Å². The first-order valence-electron chi connectivity index (χ1n) is 10.9. The highest BCUT2D eigenvalue weighted by atomic mass is 35.5. The molecule has 4 nitrogen and oxygen atoms in total. The zero-order valence-corrected chi connectivity index (χ0v) is 19.4. The summed E-state index contributed by atoms with van der Waals surface area (Å²) in [5.74, 6) is -0.233. The van der Waals surface area contributed by atoms with E-state index in [-0.39, 0.29) is 24.4 Å². The minimum Gasteiger partial charge on any atom is -0.490 e. The minimum absolute atomic E-state index is 0.0386. The van der Waals surface area contributed by atoms with Crippen molar-refractivity contribution >= 4 is 23.4 Å². The average molecular weight is 489 g/mol. The monoisotopic (exact) mass is 488 g/mol. The van der Waals surface area contributed by atoms with Crippen LogP contribution in [0.5, 0.6) is 5.75 Å². The van der Waals surface area contributed by atoms with Crippen molar-refractivity contribution in [3.8, 4) is 5.75 Å². The van der Waals surface area contributed by atoms with Gasteiger partial charge in [0.25, 0.3) is 0 Å². The SMILES string of the molecule is Fc1ccc(F)c2c1OC[C@H]1[C@H](CCSc3cncnc3)OCC[C@@]21Cc1ccc(Cl)cc1. The molecule has 0 spiro atoms. The van der Waals surface area contributed by atoms with Gasteiger partial charge >= 0.3 is 0 Å². The van der Waals surface area contributed by atoms with Crippen LogP contribution in [0.4, 0.5) is 8.78 Å². The van der Waals surface area contributed by atoms with Crippen LogP contribution >= 0.6 is 23.4 Å². The molecule has 33 heavy (non-hydrogen) atoms. The first-order valence-corrected chi connectivity index (χ1v) is 12.3. The summed E-state index contributed by atoms with van der Waals surface area (Å²) in [4.78, 5) is 9.09. The van der Waals surface area contributed by atoms with Gasteiger partial charge in [-0.1, -0.05) is 23.7 Å². The number of rotatable bonds is 6. The van der Waals surface area contributed by atoms with Crippen LogP contribution in [0.1, 0.15) is 24.0 Å². The maximum atomic E-state index is 15.3. The number of nitrogens with zero attached hydrogens (tertiary/aromatic N) is 2. The zero-order chi connectivity index (χ0) is 22.8. The second-order valence-corrected chi connectivity index (χ2v) is 10.1. The minimum atomic E-state index is -0.628. The third-order valence-corrected chi connectivity index (χ3v) is 7.88. The molecule has 0 radical (unpaired) electrons. The van der Waals surface area contributed by atoms with E-state index in [0.717, 1.165) is 28.7 Å². The molecule has 2 aromatic carbocycles. The van der Waals surface area contributed by atoms with Gasteiger partial charge in [-0.05, 0) is 49.1 Å². The van der Waals surface area contributed by atoms with Gasteiger partial charge in [-0.3, -0.25) is 0 Å². The molecule has 8 heteroatoms. The molecule has 3 aromatic rings. The number of hydrogen-bond donors (Lipinski definition) is 0. The Morgan fingerprint density at radius 1 is 1.06 bits per heavy atom. The van der Waals surface area contributed by atoms with Crippen molar-refractivity contribution in [2.45, 2.75) is 35.7 Å². The molecule has 0 unspecified atom stereocenters. The number of ether oxygens (including phenoxy) is 2. The number of thioether (sulfide) groups is 1. The second-order valence-electron chi connectivity index (χ2n) is 8.48. The van der Waals surface area contributed by atoms with Crippen LogP contribution in [-0.4, -0.2) is 35.0 Å². The van der Waals surface area contributed by atoms with Crippen LogP contribution in [-0.2, 0) is 16.6 Å². The lowest BCUT2D eigenvalue weighted by molar-refractivity contribution is -0.0961. The van der Waals surface area contributed by atoms with E-state index in [0.29, 0.717) is 30.0 Å². The maximum Gasteiger partial charge on any atom is 0.165 e. The van der Waals surface area contributed by atoms with Crippen molar-refractivity contribution in [3.05, 3.63) is 82.9 Å². The van der Waals surface area contributed by atoms with Crippen molar-refractivity contribution in [1.29, 1.82) is 0 Å². The zero-order valence-electron chi connectivity index (χ0n) is 17.8. The van der Waals surface area contributed by atoms with Crippen molar-refractivity contribution in [3.63, 3.8) is 0 Å². The Balaban J connectivity index is 1.48. The highest BCUT2D eigenvalue weighted by molar-refractivity contribution is 7.99. The summed E-state index contributed by atoms with van der Waals surface area (Å²) in [5.41, 5.74) is 0.736. The summed E-state index contributed by atoms with van der Waals surface area (Å²) >= 11 is 7.74. The second kappa shape index (κ2) is 9.57. The summed E-state index contributed by atoms with van der Waals surface area (Å²) in [6.07, 6.45) is 6.83. The van der Waals surface area contributed by atoms with Gasteiger partial charge in [-0.25, -0.2) is 18.7 Å². The van der Waals surface area contributed by atoms with E-state index in [1.54, 1.807) is 24.2 Å². The van der Waals surface area contributed by atoms with E-state index in [1.165, 1.54) is 12.4 Å². The normalized spacial score (nSPS) is 24.0. The van der Waals surface area contributed by atoms with Crippen LogP contribution < -0.4 is 4.74 Å². The van der Waals surface area contributed by atoms with Gasteiger partial charge < -0.3 is 9.47 Å². The quantitative estimate of drug-likeness (QED) is 0.406. The van der Waals surface area contributed by atoms with Crippen LogP contribution in [0, 0.1) is 17.6 Å². The van der Waals surface area contributed by atoms with Gasteiger partial charge in [0.1, 0.15) is 12.1 Å². The molecule has 2 aliphatic heterocycles.